The van der Waals surface area contributed by atoms with Crippen molar-refractivity contribution in [2.24, 2.45) is 0 Å². The molecule has 21 heavy (non-hydrogen) atoms. The Morgan fingerprint density at radius 2 is 1.38 bits per heavy atom. The van der Waals surface area contributed by atoms with Gasteiger partial charge in [-0.05, 0) is 36.5 Å². The van der Waals surface area contributed by atoms with Crippen LogP contribution < -0.4 is 9.80 Å². The molecule has 1 aromatic carbocycles. The Hall–Kier alpha value is -2.60. The van der Waals surface area contributed by atoms with E-state index in [4.69, 9.17) is 12.2 Å². The molecule has 6 heteroatoms. The molecule has 1 fully saturated rings. The number of hydrogen-bond acceptors (Lipinski definition) is 4. The first-order chi connectivity index (χ1) is 10.2. The fraction of sp³-hybridized carbons (Fsp3) is 0.0667. The maximum Gasteiger partial charge on any atom is 0.242 e. The SMILES string of the molecule is O=C1CC(=O)N(c2ccncc2)C(=S)N1c1ccccc1. The van der Waals surface area contributed by atoms with Gasteiger partial charge in [0, 0.05) is 12.4 Å². The average Bonchev–Trinajstić information content (AvgIpc) is 2.49. The van der Waals surface area contributed by atoms with E-state index in [1.54, 1.807) is 36.7 Å². The van der Waals surface area contributed by atoms with Crippen LogP contribution in [0.4, 0.5) is 11.4 Å². The summed E-state index contributed by atoms with van der Waals surface area (Å²) in [4.78, 5) is 31.0. The molecular weight excluding hydrogens is 286 g/mol. The molecule has 0 spiro atoms. The van der Waals surface area contributed by atoms with Crippen molar-refractivity contribution < 1.29 is 9.59 Å². The Morgan fingerprint density at radius 3 is 1.95 bits per heavy atom. The number of rotatable bonds is 2. The van der Waals surface area contributed by atoms with Gasteiger partial charge < -0.3 is 0 Å². The normalized spacial score (nSPS) is 15.5. The molecule has 0 radical (unpaired) electrons. The predicted octanol–water partition coefficient (Wildman–Crippen LogP) is 2.14. The Balaban J connectivity index is 2.02. The van der Waals surface area contributed by atoms with Crippen molar-refractivity contribution in [3.05, 3.63) is 54.9 Å². The van der Waals surface area contributed by atoms with Crippen molar-refractivity contribution in [3.63, 3.8) is 0 Å². The molecule has 0 saturated carbocycles. The predicted molar refractivity (Wildman–Crippen MR) is 82.9 cm³/mol. The maximum absolute atomic E-state index is 12.2. The van der Waals surface area contributed by atoms with Gasteiger partial charge in [0.15, 0.2) is 5.11 Å². The molecule has 0 unspecified atom stereocenters. The Kier molecular flexibility index (Phi) is 3.45. The van der Waals surface area contributed by atoms with Gasteiger partial charge in [0.05, 0.1) is 11.4 Å². The highest BCUT2D eigenvalue weighted by atomic mass is 32.1. The summed E-state index contributed by atoms with van der Waals surface area (Å²) in [5, 5.41) is 0.161. The van der Waals surface area contributed by atoms with Crippen LogP contribution in [-0.2, 0) is 9.59 Å². The molecule has 0 atom stereocenters. The fourth-order valence-electron chi connectivity index (χ4n) is 2.18. The van der Waals surface area contributed by atoms with Gasteiger partial charge in [-0.15, -0.1) is 0 Å². The number of nitrogens with zero attached hydrogens (tertiary/aromatic N) is 3. The highest BCUT2D eigenvalue weighted by Gasteiger charge is 2.36. The number of amides is 2. The molecule has 0 aliphatic carbocycles. The first kappa shape index (κ1) is 13.4. The Bertz CT molecular complexity index is 644. The van der Waals surface area contributed by atoms with E-state index in [2.05, 4.69) is 4.98 Å². The third kappa shape index (κ3) is 2.41. The smallest absolute Gasteiger partial charge is 0.242 e. The number of carbonyl (C=O) groups is 2. The zero-order chi connectivity index (χ0) is 14.8. The summed E-state index contributed by atoms with van der Waals surface area (Å²) < 4.78 is 0. The maximum atomic E-state index is 12.2. The summed E-state index contributed by atoms with van der Waals surface area (Å²) in [5.74, 6) is -0.648. The largest absolute Gasteiger partial charge is 0.273 e. The monoisotopic (exact) mass is 297 g/mol. The van der Waals surface area contributed by atoms with E-state index in [1.165, 1.54) is 9.80 Å². The molecule has 1 aliphatic heterocycles. The zero-order valence-electron chi connectivity index (χ0n) is 11.0. The van der Waals surface area contributed by atoms with Gasteiger partial charge in [-0.2, -0.15) is 0 Å². The number of hydrogen-bond donors (Lipinski definition) is 0. The van der Waals surface area contributed by atoms with Crippen molar-refractivity contribution >= 4 is 40.5 Å². The van der Waals surface area contributed by atoms with E-state index >= 15 is 0 Å². The highest BCUT2D eigenvalue weighted by molar-refractivity contribution is 7.81. The van der Waals surface area contributed by atoms with Gasteiger partial charge in [0.25, 0.3) is 0 Å². The molecule has 1 saturated heterocycles. The third-order valence-corrected chi connectivity index (χ3v) is 3.48. The lowest BCUT2D eigenvalue weighted by Crippen LogP contribution is -2.55. The summed E-state index contributed by atoms with van der Waals surface area (Å²) >= 11 is 5.36. The van der Waals surface area contributed by atoms with E-state index < -0.39 is 0 Å². The molecule has 2 aromatic rings. The molecule has 0 N–H and O–H groups in total. The molecule has 5 nitrogen and oxygen atoms in total. The van der Waals surface area contributed by atoms with Crippen LogP contribution in [0.3, 0.4) is 0 Å². The fourth-order valence-corrected chi connectivity index (χ4v) is 2.59. The van der Waals surface area contributed by atoms with Gasteiger partial charge in [0.1, 0.15) is 6.42 Å². The second-order valence-corrected chi connectivity index (χ2v) is 4.82. The topological polar surface area (TPSA) is 53.5 Å². The van der Waals surface area contributed by atoms with E-state index in [0.29, 0.717) is 11.4 Å². The summed E-state index contributed by atoms with van der Waals surface area (Å²) in [7, 11) is 0. The number of benzene rings is 1. The standard InChI is InChI=1S/C15H11N3O2S/c19-13-10-14(20)18(12-6-8-16-9-7-12)15(21)17(13)11-4-2-1-3-5-11/h1-9H,10H2. The van der Waals surface area contributed by atoms with Gasteiger partial charge >= 0.3 is 0 Å². The van der Waals surface area contributed by atoms with E-state index in [9.17, 15) is 9.59 Å². The minimum absolute atomic E-state index is 0.161. The van der Waals surface area contributed by atoms with Gasteiger partial charge in [0.2, 0.25) is 11.8 Å². The van der Waals surface area contributed by atoms with Crippen molar-refractivity contribution in [2.75, 3.05) is 9.80 Å². The number of pyridine rings is 1. The molecule has 104 valence electrons. The number of aromatic nitrogens is 1. The molecule has 2 amide bonds. The third-order valence-electron chi connectivity index (χ3n) is 3.12. The van der Waals surface area contributed by atoms with Crippen molar-refractivity contribution in [3.8, 4) is 0 Å². The van der Waals surface area contributed by atoms with Crippen LogP contribution in [0.2, 0.25) is 0 Å². The summed E-state index contributed by atoms with van der Waals surface area (Å²) in [6.07, 6.45) is 2.94. The van der Waals surface area contributed by atoms with Crippen molar-refractivity contribution in [2.45, 2.75) is 6.42 Å². The van der Waals surface area contributed by atoms with Crippen LogP contribution in [0.25, 0.3) is 0 Å². The lowest BCUT2D eigenvalue weighted by Gasteiger charge is -2.35. The highest BCUT2D eigenvalue weighted by Crippen LogP contribution is 2.25. The number of para-hydroxylation sites is 1. The summed E-state index contributed by atoms with van der Waals surface area (Å²) in [6, 6.07) is 12.4. The molecule has 3 rings (SSSR count). The summed E-state index contributed by atoms with van der Waals surface area (Å²) in [5.41, 5.74) is 1.26. The van der Waals surface area contributed by atoms with Crippen LogP contribution in [-0.4, -0.2) is 21.9 Å². The Labute approximate surface area is 126 Å². The van der Waals surface area contributed by atoms with Crippen LogP contribution in [0.5, 0.6) is 0 Å². The molecule has 1 aromatic heterocycles. The van der Waals surface area contributed by atoms with Gasteiger partial charge in [-0.3, -0.25) is 24.4 Å². The second-order valence-electron chi connectivity index (χ2n) is 4.46. The lowest BCUT2D eigenvalue weighted by atomic mass is 10.2. The van der Waals surface area contributed by atoms with E-state index in [-0.39, 0.29) is 23.3 Å². The average molecular weight is 297 g/mol. The molecule has 0 bridgehead atoms. The minimum atomic E-state index is -0.330. The minimum Gasteiger partial charge on any atom is -0.273 e. The van der Waals surface area contributed by atoms with Crippen LogP contribution in [0, 0.1) is 0 Å². The van der Waals surface area contributed by atoms with E-state index in [0.717, 1.165) is 0 Å². The van der Waals surface area contributed by atoms with Crippen LogP contribution >= 0.6 is 12.2 Å². The van der Waals surface area contributed by atoms with Crippen molar-refractivity contribution in [1.82, 2.24) is 4.98 Å². The first-order valence-electron chi connectivity index (χ1n) is 6.33. The van der Waals surface area contributed by atoms with E-state index in [1.807, 2.05) is 18.2 Å². The van der Waals surface area contributed by atoms with Gasteiger partial charge in [-0.1, -0.05) is 18.2 Å². The molecule has 2 heterocycles. The number of carbonyl (C=O) groups excluding carboxylic acids is 2. The molecule has 1 aliphatic rings. The van der Waals surface area contributed by atoms with Gasteiger partial charge in [-0.25, -0.2) is 0 Å². The second kappa shape index (κ2) is 5.41. The van der Waals surface area contributed by atoms with Crippen LogP contribution in [0.1, 0.15) is 6.42 Å². The quantitative estimate of drug-likeness (QED) is 0.629. The summed E-state index contributed by atoms with van der Waals surface area (Å²) in [6.45, 7) is 0. The number of anilines is 2. The Morgan fingerprint density at radius 1 is 0.857 bits per heavy atom. The van der Waals surface area contributed by atoms with Crippen LogP contribution in [0.15, 0.2) is 54.9 Å². The first-order valence-corrected chi connectivity index (χ1v) is 6.74. The van der Waals surface area contributed by atoms with Crippen molar-refractivity contribution in [1.29, 1.82) is 0 Å². The lowest BCUT2D eigenvalue weighted by molar-refractivity contribution is -0.126. The number of thiocarbonyl (C=S) groups is 1. The zero-order valence-corrected chi connectivity index (χ0v) is 11.8. The molecular formula is C15H11N3O2S.